The van der Waals surface area contributed by atoms with Crippen LogP contribution in [-0.2, 0) is 13.1 Å². The summed E-state index contributed by atoms with van der Waals surface area (Å²) in [6, 6.07) is 12.0. The number of hydrogen-bond acceptors (Lipinski definition) is 4. The van der Waals surface area contributed by atoms with Crippen LogP contribution >= 0.6 is 24.0 Å². The van der Waals surface area contributed by atoms with Crippen molar-refractivity contribution in [3.63, 3.8) is 0 Å². The number of pyridine rings is 1. The van der Waals surface area contributed by atoms with E-state index in [1.165, 1.54) is 5.56 Å². The average molecular weight is 480 g/mol. The highest BCUT2D eigenvalue weighted by atomic mass is 127. The van der Waals surface area contributed by atoms with Gasteiger partial charge in [-0.05, 0) is 43.2 Å². The van der Waals surface area contributed by atoms with Gasteiger partial charge in [0.2, 0.25) is 0 Å². The van der Waals surface area contributed by atoms with Gasteiger partial charge in [-0.3, -0.25) is 9.39 Å². The second kappa shape index (κ2) is 10.1. The third-order valence-corrected chi connectivity index (χ3v) is 4.02. The number of rotatable bonds is 6. The van der Waals surface area contributed by atoms with Crippen molar-refractivity contribution in [3.8, 4) is 5.75 Å². The van der Waals surface area contributed by atoms with Gasteiger partial charge in [0.05, 0.1) is 13.2 Å². The molecule has 0 aliphatic carbocycles. The molecule has 2 N–H and O–H groups in total. The van der Waals surface area contributed by atoms with Crippen LogP contribution in [0.1, 0.15) is 23.9 Å². The first kappa shape index (κ1) is 20.9. The summed E-state index contributed by atoms with van der Waals surface area (Å²) >= 11 is 0. The van der Waals surface area contributed by atoms with Crippen LogP contribution in [0.4, 0.5) is 0 Å². The Labute approximate surface area is 176 Å². The number of hydrogen-bond donors (Lipinski definition) is 2. The predicted octanol–water partition coefficient (Wildman–Crippen LogP) is 2.92. The number of nitrogens with one attached hydrogen (secondary N) is 2. The minimum Gasteiger partial charge on any atom is -0.494 e. The summed E-state index contributed by atoms with van der Waals surface area (Å²) in [5.41, 5.74) is 3.13. The van der Waals surface area contributed by atoms with Gasteiger partial charge < -0.3 is 15.4 Å². The number of fused-ring (bicyclic) bond motifs is 1. The van der Waals surface area contributed by atoms with E-state index in [0.29, 0.717) is 25.7 Å². The first-order chi connectivity index (χ1) is 12.7. The standard InChI is InChI=1S/C19H24N6O.HI/c1-4-26-16-9-8-15(11-14(16)2)12-21-19(20-3)22-13-18-24-23-17-7-5-6-10-25(17)18;/h5-11H,4,12-13H2,1-3H3,(H2,20,21,22);1H. The van der Waals surface area contributed by atoms with E-state index in [1.54, 1.807) is 7.05 Å². The lowest BCUT2D eigenvalue weighted by atomic mass is 10.1. The molecule has 0 atom stereocenters. The highest BCUT2D eigenvalue weighted by Crippen LogP contribution is 2.18. The summed E-state index contributed by atoms with van der Waals surface area (Å²) in [5, 5.41) is 14.9. The van der Waals surface area contributed by atoms with Crippen LogP contribution in [0.3, 0.4) is 0 Å². The van der Waals surface area contributed by atoms with Crippen molar-refractivity contribution in [1.82, 2.24) is 25.2 Å². The third kappa shape index (κ3) is 5.31. The molecule has 0 fully saturated rings. The number of aliphatic imine (C=N–C) groups is 1. The molecule has 3 rings (SSSR count). The van der Waals surface area contributed by atoms with Crippen molar-refractivity contribution in [2.45, 2.75) is 26.9 Å². The molecule has 0 aliphatic rings. The van der Waals surface area contributed by atoms with Gasteiger partial charge in [-0.15, -0.1) is 34.2 Å². The Balaban J connectivity index is 0.00000261. The Morgan fingerprint density at radius 2 is 1.96 bits per heavy atom. The largest absolute Gasteiger partial charge is 0.494 e. The second-order valence-electron chi connectivity index (χ2n) is 5.86. The second-order valence-corrected chi connectivity index (χ2v) is 5.86. The van der Waals surface area contributed by atoms with E-state index >= 15 is 0 Å². The fourth-order valence-corrected chi connectivity index (χ4v) is 2.72. The smallest absolute Gasteiger partial charge is 0.191 e. The number of aryl methyl sites for hydroxylation is 1. The van der Waals surface area contributed by atoms with Crippen molar-refractivity contribution in [2.24, 2.45) is 4.99 Å². The van der Waals surface area contributed by atoms with E-state index < -0.39 is 0 Å². The van der Waals surface area contributed by atoms with Crippen LogP contribution in [0.2, 0.25) is 0 Å². The number of benzene rings is 1. The number of ether oxygens (including phenoxy) is 1. The molecule has 2 heterocycles. The van der Waals surface area contributed by atoms with Crippen molar-refractivity contribution >= 4 is 35.6 Å². The quantitative estimate of drug-likeness (QED) is 0.323. The lowest BCUT2D eigenvalue weighted by molar-refractivity contribution is 0.338. The maximum absolute atomic E-state index is 5.58. The Kier molecular flexibility index (Phi) is 7.83. The summed E-state index contributed by atoms with van der Waals surface area (Å²) in [6.07, 6.45) is 1.95. The van der Waals surface area contributed by atoms with E-state index in [4.69, 9.17) is 4.74 Å². The fraction of sp³-hybridized carbons (Fsp3) is 0.316. The summed E-state index contributed by atoms with van der Waals surface area (Å²) in [7, 11) is 1.75. The van der Waals surface area contributed by atoms with E-state index in [0.717, 1.165) is 22.8 Å². The molecule has 1 aromatic carbocycles. The number of guanidine groups is 1. The average Bonchev–Trinajstić information content (AvgIpc) is 3.07. The van der Waals surface area contributed by atoms with Gasteiger partial charge in [-0.25, -0.2) is 0 Å². The van der Waals surface area contributed by atoms with Gasteiger partial charge in [-0.1, -0.05) is 18.2 Å². The molecule has 2 aromatic heterocycles. The maximum Gasteiger partial charge on any atom is 0.191 e. The molecule has 0 spiro atoms. The predicted molar refractivity (Wildman–Crippen MR) is 118 cm³/mol. The molecule has 0 radical (unpaired) electrons. The first-order valence-corrected chi connectivity index (χ1v) is 8.66. The summed E-state index contributed by atoms with van der Waals surface area (Å²) in [4.78, 5) is 4.26. The minimum atomic E-state index is 0. The molecular weight excluding hydrogens is 455 g/mol. The molecule has 7 nitrogen and oxygen atoms in total. The lowest BCUT2D eigenvalue weighted by Crippen LogP contribution is -2.36. The Morgan fingerprint density at radius 1 is 1.15 bits per heavy atom. The molecule has 144 valence electrons. The Hall–Kier alpha value is -2.36. The SMILES string of the molecule is CCOc1ccc(CNC(=NC)NCc2nnc3ccccn23)cc1C.I. The van der Waals surface area contributed by atoms with Crippen LogP contribution in [0.5, 0.6) is 5.75 Å². The highest BCUT2D eigenvalue weighted by molar-refractivity contribution is 14.0. The van der Waals surface area contributed by atoms with Gasteiger partial charge in [0, 0.05) is 19.8 Å². The zero-order chi connectivity index (χ0) is 18.4. The van der Waals surface area contributed by atoms with Crippen LogP contribution in [0, 0.1) is 6.92 Å². The molecule has 8 heteroatoms. The van der Waals surface area contributed by atoms with Crippen LogP contribution < -0.4 is 15.4 Å². The summed E-state index contributed by atoms with van der Waals surface area (Å²) in [5.74, 6) is 2.47. The van der Waals surface area contributed by atoms with E-state index in [9.17, 15) is 0 Å². The monoisotopic (exact) mass is 480 g/mol. The van der Waals surface area contributed by atoms with Gasteiger partial charge in [0.15, 0.2) is 17.4 Å². The first-order valence-electron chi connectivity index (χ1n) is 8.66. The molecule has 0 unspecified atom stereocenters. The third-order valence-electron chi connectivity index (χ3n) is 4.02. The fourth-order valence-electron chi connectivity index (χ4n) is 2.72. The topological polar surface area (TPSA) is 75.8 Å². The van der Waals surface area contributed by atoms with Crippen LogP contribution in [-0.4, -0.2) is 34.2 Å². The summed E-state index contributed by atoms with van der Waals surface area (Å²) in [6.45, 7) is 5.92. The zero-order valence-electron chi connectivity index (χ0n) is 15.8. The normalized spacial score (nSPS) is 11.1. The van der Waals surface area contributed by atoms with E-state index in [-0.39, 0.29) is 24.0 Å². The van der Waals surface area contributed by atoms with Gasteiger partial charge in [0.25, 0.3) is 0 Å². The Morgan fingerprint density at radius 3 is 2.70 bits per heavy atom. The lowest BCUT2D eigenvalue weighted by Gasteiger charge is -2.13. The molecule has 3 aromatic rings. The van der Waals surface area contributed by atoms with E-state index in [2.05, 4.69) is 44.9 Å². The molecule has 0 bridgehead atoms. The summed E-state index contributed by atoms with van der Waals surface area (Å²) < 4.78 is 7.54. The minimum absolute atomic E-state index is 0. The number of aromatic nitrogens is 3. The molecule has 0 saturated carbocycles. The Bertz CT molecular complexity index is 908. The molecule has 0 aliphatic heterocycles. The van der Waals surface area contributed by atoms with Gasteiger partial charge in [0.1, 0.15) is 5.75 Å². The van der Waals surface area contributed by atoms with Gasteiger partial charge in [-0.2, -0.15) is 0 Å². The van der Waals surface area contributed by atoms with Crippen LogP contribution in [0.15, 0.2) is 47.6 Å². The molecular formula is C19H25IN6O. The maximum atomic E-state index is 5.58. The van der Waals surface area contributed by atoms with Crippen molar-refractivity contribution < 1.29 is 4.74 Å². The van der Waals surface area contributed by atoms with Crippen molar-refractivity contribution in [2.75, 3.05) is 13.7 Å². The van der Waals surface area contributed by atoms with Crippen molar-refractivity contribution in [3.05, 3.63) is 59.5 Å². The molecule has 27 heavy (non-hydrogen) atoms. The van der Waals surface area contributed by atoms with Crippen LogP contribution in [0.25, 0.3) is 5.65 Å². The van der Waals surface area contributed by atoms with Gasteiger partial charge >= 0.3 is 0 Å². The zero-order valence-corrected chi connectivity index (χ0v) is 18.1. The number of halogens is 1. The molecule has 0 saturated heterocycles. The number of nitrogens with zero attached hydrogens (tertiary/aromatic N) is 4. The van der Waals surface area contributed by atoms with E-state index in [1.807, 2.05) is 41.8 Å². The highest BCUT2D eigenvalue weighted by Gasteiger charge is 2.06. The van der Waals surface area contributed by atoms with Crippen molar-refractivity contribution in [1.29, 1.82) is 0 Å². The molecule has 0 amide bonds.